The van der Waals surface area contributed by atoms with Gasteiger partial charge in [-0.2, -0.15) is 0 Å². The average Bonchev–Trinajstić information content (AvgIpc) is 2.76. The van der Waals surface area contributed by atoms with Crippen LogP contribution in [-0.2, 0) is 13.6 Å². The van der Waals surface area contributed by atoms with Crippen LogP contribution in [0.25, 0.3) is 11.3 Å². The Morgan fingerprint density at radius 3 is 2.94 bits per heavy atom. The Bertz CT molecular complexity index is 476. The summed E-state index contributed by atoms with van der Waals surface area (Å²) in [6.45, 7) is 4.13. The SMILES string of the molecule is CCCNCc1cccc(-c2cnnn2C)c1. The lowest BCUT2D eigenvalue weighted by Crippen LogP contribution is -2.13. The molecule has 0 fully saturated rings. The van der Waals surface area contributed by atoms with Crippen LogP contribution in [0.1, 0.15) is 18.9 Å². The summed E-state index contributed by atoms with van der Waals surface area (Å²) in [6.07, 6.45) is 2.95. The van der Waals surface area contributed by atoms with E-state index in [9.17, 15) is 0 Å². The smallest absolute Gasteiger partial charge is 0.0882 e. The van der Waals surface area contributed by atoms with E-state index in [0.717, 1.165) is 30.8 Å². The van der Waals surface area contributed by atoms with Crippen molar-refractivity contribution in [1.29, 1.82) is 0 Å². The van der Waals surface area contributed by atoms with E-state index in [1.807, 2.05) is 7.05 Å². The molecule has 0 bridgehead atoms. The predicted octanol–water partition coefficient (Wildman–Crippen LogP) is 1.98. The molecule has 0 atom stereocenters. The van der Waals surface area contributed by atoms with Gasteiger partial charge in [0.1, 0.15) is 0 Å². The maximum Gasteiger partial charge on any atom is 0.0882 e. The number of nitrogens with one attached hydrogen (secondary N) is 1. The Morgan fingerprint density at radius 1 is 1.35 bits per heavy atom. The van der Waals surface area contributed by atoms with Crippen molar-refractivity contribution >= 4 is 0 Å². The number of hydrogen-bond donors (Lipinski definition) is 1. The fourth-order valence-electron chi connectivity index (χ4n) is 1.80. The fraction of sp³-hybridized carbons (Fsp3) is 0.385. The van der Waals surface area contributed by atoms with Gasteiger partial charge in [-0.05, 0) is 24.6 Å². The van der Waals surface area contributed by atoms with Gasteiger partial charge in [0.15, 0.2) is 0 Å². The van der Waals surface area contributed by atoms with Gasteiger partial charge in [0.05, 0.1) is 11.9 Å². The largest absolute Gasteiger partial charge is 0.313 e. The van der Waals surface area contributed by atoms with E-state index >= 15 is 0 Å². The minimum absolute atomic E-state index is 0.910. The molecule has 0 aliphatic heterocycles. The summed E-state index contributed by atoms with van der Waals surface area (Å²) in [5, 5.41) is 11.3. The van der Waals surface area contributed by atoms with Crippen molar-refractivity contribution < 1.29 is 0 Å². The first-order valence-corrected chi connectivity index (χ1v) is 5.96. The van der Waals surface area contributed by atoms with Crippen molar-refractivity contribution in [3.63, 3.8) is 0 Å². The highest BCUT2D eigenvalue weighted by molar-refractivity contribution is 5.59. The summed E-state index contributed by atoms with van der Waals surface area (Å²) in [4.78, 5) is 0. The molecule has 0 spiro atoms. The standard InChI is InChI=1S/C13H18N4/c1-3-7-14-9-11-5-4-6-12(8-11)13-10-15-16-17(13)2/h4-6,8,10,14H,3,7,9H2,1-2H3. The number of rotatable bonds is 5. The second kappa shape index (κ2) is 5.59. The summed E-state index contributed by atoms with van der Waals surface area (Å²) in [6, 6.07) is 8.48. The Labute approximate surface area is 102 Å². The van der Waals surface area contributed by atoms with Crippen LogP contribution in [0.2, 0.25) is 0 Å². The zero-order chi connectivity index (χ0) is 12.1. The topological polar surface area (TPSA) is 42.7 Å². The zero-order valence-corrected chi connectivity index (χ0v) is 10.3. The number of aromatic nitrogens is 3. The van der Waals surface area contributed by atoms with E-state index in [0.29, 0.717) is 0 Å². The quantitative estimate of drug-likeness (QED) is 0.799. The van der Waals surface area contributed by atoms with Crippen LogP contribution in [0.5, 0.6) is 0 Å². The molecule has 0 amide bonds. The molecule has 0 unspecified atom stereocenters. The van der Waals surface area contributed by atoms with Gasteiger partial charge in [0.25, 0.3) is 0 Å². The van der Waals surface area contributed by atoms with Crippen LogP contribution in [0, 0.1) is 0 Å². The molecule has 1 N–H and O–H groups in total. The van der Waals surface area contributed by atoms with Gasteiger partial charge in [0.2, 0.25) is 0 Å². The van der Waals surface area contributed by atoms with Crippen molar-refractivity contribution in [1.82, 2.24) is 20.3 Å². The van der Waals surface area contributed by atoms with Gasteiger partial charge in [-0.25, -0.2) is 4.68 Å². The van der Waals surface area contributed by atoms with Crippen molar-refractivity contribution in [2.24, 2.45) is 7.05 Å². The van der Waals surface area contributed by atoms with Crippen LogP contribution in [-0.4, -0.2) is 21.5 Å². The molecular formula is C13H18N4. The molecule has 90 valence electrons. The zero-order valence-electron chi connectivity index (χ0n) is 10.3. The highest BCUT2D eigenvalue weighted by atomic mass is 15.4. The van der Waals surface area contributed by atoms with E-state index in [1.165, 1.54) is 5.56 Å². The monoisotopic (exact) mass is 230 g/mol. The number of nitrogens with zero attached hydrogens (tertiary/aromatic N) is 3. The normalized spacial score (nSPS) is 10.7. The molecule has 4 heteroatoms. The maximum absolute atomic E-state index is 3.95. The fourth-order valence-corrected chi connectivity index (χ4v) is 1.80. The second-order valence-electron chi connectivity index (χ2n) is 4.12. The van der Waals surface area contributed by atoms with Crippen LogP contribution in [0.3, 0.4) is 0 Å². The van der Waals surface area contributed by atoms with Gasteiger partial charge in [-0.1, -0.05) is 30.3 Å². The predicted molar refractivity (Wildman–Crippen MR) is 68.4 cm³/mol. The van der Waals surface area contributed by atoms with E-state index in [2.05, 4.69) is 46.8 Å². The number of aryl methyl sites for hydroxylation is 1. The van der Waals surface area contributed by atoms with Gasteiger partial charge < -0.3 is 5.32 Å². The van der Waals surface area contributed by atoms with Gasteiger partial charge in [-0.15, -0.1) is 5.10 Å². The van der Waals surface area contributed by atoms with Crippen molar-refractivity contribution in [3.05, 3.63) is 36.0 Å². The summed E-state index contributed by atoms with van der Waals surface area (Å²) in [5.41, 5.74) is 3.49. The highest BCUT2D eigenvalue weighted by Gasteiger charge is 2.03. The molecular weight excluding hydrogens is 212 g/mol. The van der Waals surface area contributed by atoms with E-state index in [4.69, 9.17) is 0 Å². The molecule has 1 aromatic heterocycles. The lowest BCUT2D eigenvalue weighted by molar-refractivity contribution is 0.675. The lowest BCUT2D eigenvalue weighted by atomic mass is 10.1. The third-order valence-electron chi connectivity index (χ3n) is 2.69. The van der Waals surface area contributed by atoms with E-state index < -0.39 is 0 Å². The average molecular weight is 230 g/mol. The Morgan fingerprint density at radius 2 is 2.24 bits per heavy atom. The van der Waals surface area contributed by atoms with Gasteiger partial charge >= 0.3 is 0 Å². The molecule has 2 aromatic rings. The van der Waals surface area contributed by atoms with Crippen LogP contribution in [0.4, 0.5) is 0 Å². The molecule has 0 aliphatic carbocycles. The third kappa shape index (κ3) is 2.91. The van der Waals surface area contributed by atoms with Crippen molar-refractivity contribution in [2.45, 2.75) is 19.9 Å². The van der Waals surface area contributed by atoms with Crippen LogP contribution >= 0.6 is 0 Å². The van der Waals surface area contributed by atoms with Crippen molar-refractivity contribution in [3.8, 4) is 11.3 Å². The number of hydrogen-bond acceptors (Lipinski definition) is 3. The molecule has 0 saturated carbocycles. The molecule has 1 aromatic carbocycles. The molecule has 1 heterocycles. The molecule has 4 nitrogen and oxygen atoms in total. The molecule has 0 radical (unpaired) electrons. The van der Waals surface area contributed by atoms with E-state index in [-0.39, 0.29) is 0 Å². The first-order valence-electron chi connectivity index (χ1n) is 5.96. The summed E-state index contributed by atoms with van der Waals surface area (Å²) < 4.78 is 1.79. The lowest BCUT2D eigenvalue weighted by Gasteiger charge is -2.06. The van der Waals surface area contributed by atoms with E-state index in [1.54, 1.807) is 10.9 Å². The first kappa shape index (κ1) is 11.8. The minimum atomic E-state index is 0.910. The molecule has 0 saturated heterocycles. The maximum atomic E-state index is 3.95. The molecule has 2 rings (SSSR count). The van der Waals surface area contributed by atoms with Crippen LogP contribution in [0.15, 0.2) is 30.5 Å². The van der Waals surface area contributed by atoms with Crippen molar-refractivity contribution in [2.75, 3.05) is 6.54 Å². The summed E-state index contributed by atoms with van der Waals surface area (Å²) in [5.74, 6) is 0. The van der Waals surface area contributed by atoms with Crippen LogP contribution < -0.4 is 5.32 Å². The van der Waals surface area contributed by atoms with Gasteiger partial charge in [-0.3, -0.25) is 0 Å². The summed E-state index contributed by atoms with van der Waals surface area (Å²) in [7, 11) is 1.91. The second-order valence-corrected chi connectivity index (χ2v) is 4.12. The first-order chi connectivity index (χ1) is 8.31. The number of benzene rings is 1. The Balaban J connectivity index is 2.14. The van der Waals surface area contributed by atoms with Gasteiger partial charge in [0, 0.05) is 19.2 Å². The Kier molecular flexibility index (Phi) is 3.88. The minimum Gasteiger partial charge on any atom is -0.313 e. The third-order valence-corrected chi connectivity index (χ3v) is 2.69. The molecule has 17 heavy (non-hydrogen) atoms. The Hall–Kier alpha value is -1.68. The summed E-state index contributed by atoms with van der Waals surface area (Å²) >= 11 is 0. The molecule has 0 aliphatic rings. The highest BCUT2D eigenvalue weighted by Crippen LogP contribution is 2.18.